The molecule has 0 aliphatic carbocycles. The topological polar surface area (TPSA) is 75.2 Å². The third-order valence-electron chi connectivity index (χ3n) is 3.02. The van der Waals surface area contributed by atoms with Crippen LogP contribution in [0.5, 0.6) is 0 Å². The lowest BCUT2D eigenvalue weighted by Gasteiger charge is -2.16. The zero-order chi connectivity index (χ0) is 16.5. The lowest BCUT2D eigenvalue weighted by Crippen LogP contribution is -2.18. The summed E-state index contributed by atoms with van der Waals surface area (Å²) < 4.78 is 27.4. The first-order valence-corrected chi connectivity index (χ1v) is 8.38. The van der Waals surface area contributed by atoms with E-state index >= 15 is 0 Å². The highest BCUT2D eigenvalue weighted by Crippen LogP contribution is 2.23. The Hall–Kier alpha value is -1.86. The van der Waals surface area contributed by atoms with Crippen LogP contribution in [0, 0.1) is 13.8 Å². The number of sulfonamides is 1. The van der Waals surface area contributed by atoms with Crippen molar-refractivity contribution in [2.24, 2.45) is 0 Å². The van der Waals surface area contributed by atoms with E-state index in [1.807, 2.05) is 14.1 Å². The van der Waals surface area contributed by atoms with Gasteiger partial charge in [0.1, 0.15) is 0 Å². The van der Waals surface area contributed by atoms with Crippen LogP contribution in [0.3, 0.4) is 0 Å². The number of nitrogens with zero attached hydrogens (tertiary/aromatic N) is 3. The molecule has 8 heteroatoms. The summed E-state index contributed by atoms with van der Waals surface area (Å²) in [5.41, 5.74) is 1.52. The summed E-state index contributed by atoms with van der Waals surface area (Å²) in [6, 6.07) is 5.96. The van der Waals surface area contributed by atoms with E-state index in [0.29, 0.717) is 28.0 Å². The van der Waals surface area contributed by atoms with E-state index in [1.54, 1.807) is 18.7 Å². The number of benzene rings is 1. The largest absolute Gasteiger partial charge is 0.347 e. The number of nitrogens with one attached hydrogen (secondary N) is 1. The number of hydrogen-bond acceptors (Lipinski definition) is 5. The van der Waals surface area contributed by atoms with Crippen molar-refractivity contribution in [1.82, 2.24) is 9.97 Å². The molecule has 0 bridgehead atoms. The van der Waals surface area contributed by atoms with Crippen molar-refractivity contribution in [2.45, 2.75) is 18.7 Å². The normalized spacial score (nSPS) is 11.3. The van der Waals surface area contributed by atoms with Gasteiger partial charge < -0.3 is 4.90 Å². The zero-order valence-electron chi connectivity index (χ0n) is 12.8. The Balaban J connectivity index is 2.40. The van der Waals surface area contributed by atoms with E-state index in [0.717, 1.165) is 0 Å². The summed E-state index contributed by atoms with van der Waals surface area (Å²) in [4.78, 5) is 10.5. The fourth-order valence-electron chi connectivity index (χ4n) is 1.85. The maximum atomic E-state index is 12.4. The number of halogens is 1. The molecule has 0 fully saturated rings. The van der Waals surface area contributed by atoms with E-state index < -0.39 is 10.0 Å². The minimum atomic E-state index is -3.71. The Morgan fingerprint density at radius 1 is 1.05 bits per heavy atom. The summed E-state index contributed by atoms with van der Waals surface area (Å²) in [6.45, 7) is 3.47. The van der Waals surface area contributed by atoms with Crippen molar-refractivity contribution >= 4 is 33.3 Å². The molecule has 1 aromatic heterocycles. The van der Waals surface area contributed by atoms with Crippen molar-refractivity contribution in [2.75, 3.05) is 23.7 Å². The maximum Gasteiger partial charge on any atom is 0.262 e. The van der Waals surface area contributed by atoms with Gasteiger partial charge in [0, 0.05) is 19.1 Å². The molecule has 0 radical (unpaired) electrons. The first kappa shape index (κ1) is 16.5. The molecule has 0 aliphatic heterocycles. The van der Waals surface area contributed by atoms with Crippen molar-refractivity contribution in [3.8, 4) is 0 Å². The highest BCUT2D eigenvalue weighted by atomic mass is 35.5. The molecule has 0 saturated heterocycles. The van der Waals surface area contributed by atoms with Gasteiger partial charge in [0.05, 0.1) is 22.0 Å². The average molecular weight is 341 g/mol. The van der Waals surface area contributed by atoms with Crippen molar-refractivity contribution in [1.29, 1.82) is 0 Å². The summed E-state index contributed by atoms with van der Waals surface area (Å²) in [7, 11) is -0.0601. The van der Waals surface area contributed by atoms with Gasteiger partial charge in [0.15, 0.2) is 0 Å². The predicted octanol–water partition coefficient (Wildman–Crippen LogP) is 2.61. The number of rotatable bonds is 4. The van der Waals surface area contributed by atoms with Crippen LogP contribution in [0.15, 0.2) is 29.2 Å². The van der Waals surface area contributed by atoms with Crippen LogP contribution in [0.1, 0.15) is 11.4 Å². The lowest BCUT2D eigenvalue weighted by molar-refractivity contribution is 0.601. The van der Waals surface area contributed by atoms with Crippen LogP contribution in [-0.2, 0) is 10.0 Å². The third-order valence-corrected chi connectivity index (χ3v) is 4.64. The fraction of sp³-hybridized carbons (Fsp3) is 0.286. The van der Waals surface area contributed by atoms with E-state index in [1.165, 1.54) is 24.3 Å². The minimum Gasteiger partial charge on any atom is -0.347 e. The van der Waals surface area contributed by atoms with Crippen LogP contribution in [0.4, 0.5) is 11.6 Å². The van der Waals surface area contributed by atoms with Crippen molar-refractivity contribution < 1.29 is 8.42 Å². The monoisotopic (exact) mass is 340 g/mol. The summed E-state index contributed by atoms with van der Waals surface area (Å²) in [6.07, 6.45) is 0. The second-order valence-electron chi connectivity index (χ2n) is 5.02. The molecule has 1 N–H and O–H groups in total. The average Bonchev–Trinajstić information content (AvgIpc) is 2.43. The third kappa shape index (κ3) is 3.48. The molecular weight excluding hydrogens is 324 g/mol. The quantitative estimate of drug-likeness (QED) is 0.926. The molecule has 1 aromatic carbocycles. The molecule has 22 heavy (non-hydrogen) atoms. The van der Waals surface area contributed by atoms with Gasteiger partial charge in [-0.05, 0) is 38.1 Å². The molecule has 2 rings (SSSR count). The van der Waals surface area contributed by atoms with E-state index in [9.17, 15) is 8.42 Å². The van der Waals surface area contributed by atoms with Gasteiger partial charge in [0.25, 0.3) is 10.0 Å². The van der Waals surface area contributed by atoms with Crippen molar-refractivity contribution in [3.63, 3.8) is 0 Å². The molecular formula is C14H17ClN4O2S. The first-order chi connectivity index (χ1) is 10.2. The molecule has 0 amide bonds. The molecule has 0 spiro atoms. The molecule has 6 nitrogen and oxygen atoms in total. The lowest BCUT2D eigenvalue weighted by atomic mass is 10.3. The molecule has 0 atom stereocenters. The molecule has 1 heterocycles. The minimum absolute atomic E-state index is 0.132. The van der Waals surface area contributed by atoms with Crippen LogP contribution in [0.2, 0.25) is 5.02 Å². The summed E-state index contributed by atoms with van der Waals surface area (Å²) in [5, 5.41) is 0.477. The van der Waals surface area contributed by atoms with Crippen molar-refractivity contribution in [3.05, 3.63) is 40.7 Å². The summed E-state index contributed by atoms with van der Waals surface area (Å²) >= 11 is 5.78. The Morgan fingerprint density at radius 2 is 1.55 bits per heavy atom. The van der Waals surface area contributed by atoms with Crippen LogP contribution >= 0.6 is 11.6 Å². The molecule has 0 aliphatic rings. The Bertz CT molecular complexity index is 766. The molecule has 2 aromatic rings. The van der Waals surface area contributed by atoms with Crippen LogP contribution in [0.25, 0.3) is 0 Å². The van der Waals surface area contributed by atoms with Gasteiger partial charge in [-0.15, -0.1) is 0 Å². The molecule has 118 valence electrons. The van der Waals surface area contributed by atoms with Crippen LogP contribution in [-0.4, -0.2) is 32.5 Å². The second kappa shape index (κ2) is 6.10. The van der Waals surface area contributed by atoms with Gasteiger partial charge in [-0.25, -0.2) is 18.4 Å². The highest BCUT2D eigenvalue weighted by Gasteiger charge is 2.18. The van der Waals surface area contributed by atoms with E-state index in [2.05, 4.69) is 14.7 Å². The molecule has 0 saturated carbocycles. The maximum absolute atomic E-state index is 12.4. The number of anilines is 2. The van der Waals surface area contributed by atoms with Gasteiger partial charge in [-0.2, -0.15) is 0 Å². The highest BCUT2D eigenvalue weighted by molar-refractivity contribution is 7.92. The van der Waals surface area contributed by atoms with E-state index in [4.69, 9.17) is 11.6 Å². The number of aryl methyl sites for hydroxylation is 2. The fourth-order valence-corrected chi connectivity index (χ4v) is 3.16. The van der Waals surface area contributed by atoms with E-state index in [-0.39, 0.29) is 4.90 Å². The van der Waals surface area contributed by atoms with Crippen LogP contribution < -0.4 is 9.62 Å². The van der Waals surface area contributed by atoms with Gasteiger partial charge in [-0.1, -0.05) is 11.6 Å². The summed E-state index contributed by atoms with van der Waals surface area (Å²) in [5.74, 6) is 0.532. The standard InChI is InChI=1S/C14H17ClN4O2S/c1-9-13(10(2)17-14(16-9)19(3)4)18-22(20,21)12-7-5-11(15)6-8-12/h5-8,18H,1-4H3. The Morgan fingerprint density at radius 3 is 2.00 bits per heavy atom. The Kier molecular flexibility index (Phi) is 4.58. The smallest absolute Gasteiger partial charge is 0.262 e. The zero-order valence-corrected chi connectivity index (χ0v) is 14.3. The number of hydrogen-bond donors (Lipinski definition) is 1. The van der Waals surface area contributed by atoms with Gasteiger partial charge in [-0.3, -0.25) is 4.72 Å². The van der Waals surface area contributed by atoms with Gasteiger partial charge in [0.2, 0.25) is 5.95 Å². The van der Waals surface area contributed by atoms with Gasteiger partial charge >= 0.3 is 0 Å². The predicted molar refractivity (Wildman–Crippen MR) is 88.1 cm³/mol. The Labute approximate surface area is 135 Å². The number of aromatic nitrogens is 2. The SMILES string of the molecule is Cc1nc(N(C)C)nc(C)c1NS(=O)(=O)c1ccc(Cl)cc1. The second-order valence-corrected chi connectivity index (χ2v) is 7.14. The first-order valence-electron chi connectivity index (χ1n) is 6.51. The molecule has 0 unspecified atom stereocenters.